The Kier molecular flexibility index (Phi) is 6.60. The monoisotopic (exact) mass is 336 g/mol. The third kappa shape index (κ3) is 4.74. The lowest BCUT2D eigenvalue weighted by atomic mass is 9.71. The first-order chi connectivity index (χ1) is 11.7. The zero-order chi connectivity index (χ0) is 16.9. The van der Waals surface area contributed by atoms with E-state index in [0.717, 1.165) is 56.3 Å². The summed E-state index contributed by atoms with van der Waals surface area (Å²) in [6, 6.07) is 0. The maximum atomic E-state index is 12.4. The van der Waals surface area contributed by atoms with Crippen LogP contribution in [0.2, 0.25) is 0 Å². The molecule has 138 valence electrons. The van der Waals surface area contributed by atoms with Crippen LogP contribution >= 0.6 is 0 Å². The van der Waals surface area contributed by atoms with E-state index < -0.39 is 0 Å². The summed E-state index contributed by atoms with van der Waals surface area (Å²) in [6.45, 7) is 2.40. The van der Waals surface area contributed by atoms with Gasteiger partial charge in [-0.25, -0.2) is 0 Å². The quantitative estimate of drug-likeness (QED) is 0.668. The van der Waals surface area contributed by atoms with Crippen LogP contribution in [0, 0.1) is 23.7 Å². The van der Waals surface area contributed by atoms with Gasteiger partial charge in [-0.15, -0.1) is 0 Å². The molecule has 0 aliphatic heterocycles. The number of carbonyl (C=O) groups excluding carboxylic acids is 1. The predicted molar refractivity (Wildman–Crippen MR) is 95.7 cm³/mol. The van der Waals surface area contributed by atoms with E-state index in [4.69, 9.17) is 9.47 Å². The Morgan fingerprint density at radius 3 is 1.75 bits per heavy atom. The van der Waals surface area contributed by atoms with E-state index in [0.29, 0.717) is 6.10 Å². The van der Waals surface area contributed by atoms with Gasteiger partial charge in [0.1, 0.15) is 6.10 Å². The zero-order valence-corrected chi connectivity index (χ0v) is 15.7. The number of hydrogen-bond donors (Lipinski definition) is 0. The minimum atomic E-state index is 0.0690. The van der Waals surface area contributed by atoms with E-state index in [2.05, 4.69) is 6.92 Å². The molecule has 0 N–H and O–H groups in total. The van der Waals surface area contributed by atoms with Crippen molar-refractivity contribution in [2.24, 2.45) is 23.7 Å². The standard InChI is InChI=1S/C21H36O3/c1-15-3-5-16(6-4-15)17-7-13-20(14-8-17)24-21(22)18-9-11-19(23-2)12-10-18/h15-20H,3-14H2,1-2H3. The summed E-state index contributed by atoms with van der Waals surface area (Å²) in [7, 11) is 1.77. The highest BCUT2D eigenvalue weighted by molar-refractivity contribution is 5.72. The molecule has 0 bridgehead atoms. The van der Waals surface area contributed by atoms with E-state index in [1.165, 1.54) is 38.5 Å². The van der Waals surface area contributed by atoms with Crippen LogP contribution in [0.5, 0.6) is 0 Å². The largest absolute Gasteiger partial charge is 0.462 e. The third-order valence-electron chi connectivity index (χ3n) is 7.07. The molecule has 0 heterocycles. The SMILES string of the molecule is COC1CCC(C(=O)OC2CCC(C3CCC(C)CC3)CC2)CC1. The molecule has 3 aliphatic carbocycles. The molecule has 3 rings (SSSR count). The molecule has 0 unspecified atom stereocenters. The first kappa shape index (κ1) is 18.2. The average Bonchev–Trinajstić information content (AvgIpc) is 2.63. The molecular formula is C21H36O3. The van der Waals surface area contributed by atoms with Crippen molar-refractivity contribution in [3.8, 4) is 0 Å². The highest BCUT2D eigenvalue weighted by Gasteiger charge is 2.33. The second-order valence-corrected chi connectivity index (χ2v) is 8.70. The minimum absolute atomic E-state index is 0.0690. The summed E-state index contributed by atoms with van der Waals surface area (Å²) in [6.07, 6.45) is 14.9. The summed E-state index contributed by atoms with van der Waals surface area (Å²) in [5.41, 5.74) is 0. The summed E-state index contributed by atoms with van der Waals surface area (Å²) in [4.78, 5) is 12.4. The number of ether oxygens (including phenoxy) is 2. The van der Waals surface area contributed by atoms with Crippen LogP contribution < -0.4 is 0 Å². The molecule has 0 aromatic heterocycles. The van der Waals surface area contributed by atoms with Crippen LogP contribution in [0.25, 0.3) is 0 Å². The Bertz CT molecular complexity index is 384. The van der Waals surface area contributed by atoms with Crippen LogP contribution in [0.4, 0.5) is 0 Å². The molecule has 3 heteroatoms. The molecular weight excluding hydrogens is 300 g/mol. The highest BCUT2D eigenvalue weighted by atomic mass is 16.5. The Labute approximate surface area is 147 Å². The molecule has 0 amide bonds. The topological polar surface area (TPSA) is 35.5 Å². The Morgan fingerprint density at radius 2 is 1.21 bits per heavy atom. The number of esters is 1. The fourth-order valence-electron chi connectivity index (χ4n) is 5.23. The van der Waals surface area contributed by atoms with E-state index >= 15 is 0 Å². The van der Waals surface area contributed by atoms with Gasteiger partial charge >= 0.3 is 5.97 Å². The van der Waals surface area contributed by atoms with Crippen LogP contribution in [-0.4, -0.2) is 25.3 Å². The van der Waals surface area contributed by atoms with Gasteiger partial charge in [-0.1, -0.05) is 19.8 Å². The average molecular weight is 337 g/mol. The lowest BCUT2D eigenvalue weighted by Crippen LogP contribution is -2.33. The van der Waals surface area contributed by atoms with Gasteiger partial charge in [0.05, 0.1) is 12.0 Å². The molecule has 0 saturated heterocycles. The van der Waals surface area contributed by atoms with Crippen LogP contribution in [0.1, 0.15) is 84.0 Å². The zero-order valence-electron chi connectivity index (χ0n) is 15.7. The Balaban J connectivity index is 1.37. The van der Waals surface area contributed by atoms with E-state index in [1.807, 2.05) is 0 Å². The van der Waals surface area contributed by atoms with Crippen molar-refractivity contribution >= 4 is 5.97 Å². The summed E-state index contributed by atoms with van der Waals surface area (Å²) in [5, 5.41) is 0. The molecule has 0 atom stereocenters. The fourth-order valence-corrected chi connectivity index (χ4v) is 5.23. The van der Waals surface area contributed by atoms with Crippen molar-refractivity contribution in [1.29, 1.82) is 0 Å². The van der Waals surface area contributed by atoms with Gasteiger partial charge < -0.3 is 9.47 Å². The molecule has 3 fully saturated rings. The van der Waals surface area contributed by atoms with Crippen LogP contribution in [-0.2, 0) is 14.3 Å². The molecule has 0 aromatic carbocycles. The summed E-state index contributed by atoms with van der Waals surface area (Å²) >= 11 is 0. The number of carbonyl (C=O) groups is 1. The minimum Gasteiger partial charge on any atom is -0.462 e. The molecule has 3 saturated carbocycles. The van der Waals surface area contributed by atoms with Crippen molar-refractivity contribution in [2.75, 3.05) is 7.11 Å². The lowest BCUT2D eigenvalue weighted by Gasteiger charge is -2.37. The molecule has 0 spiro atoms. The third-order valence-corrected chi connectivity index (χ3v) is 7.07. The van der Waals surface area contributed by atoms with Gasteiger partial charge in [-0.05, 0) is 82.0 Å². The van der Waals surface area contributed by atoms with Gasteiger partial charge in [0.2, 0.25) is 0 Å². The maximum Gasteiger partial charge on any atom is 0.309 e. The van der Waals surface area contributed by atoms with Gasteiger partial charge in [0.15, 0.2) is 0 Å². The summed E-state index contributed by atoms with van der Waals surface area (Å²) in [5.74, 6) is 2.96. The van der Waals surface area contributed by atoms with Crippen LogP contribution in [0.3, 0.4) is 0 Å². The summed E-state index contributed by atoms with van der Waals surface area (Å²) < 4.78 is 11.3. The van der Waals surface area contributed by atoms with Crippen molar-refractivity contribution < 1.29 is 14.3 Å². The predicted octanol–water partition coefficient (Wildman–Crippen LogP) is 5.12. The molecule has 24 heavy (non-hydrogen) atoms. The van der Waals surface area contributed by atoms with Crippen molar-refractivity contribution in [1.82, 2.24) is 0 Å². The van der Waals surface area contributed by atoms with Gasteiger partial charge in [0.25, 0.3) is 0 Å². The van der Waals surface area contributed by atoms with Crippen molar-refractivity contribution in [3.63, 3.8) is 0 Å². The molecule has 3 aliphatic rings. The number of rotatable bonds is 4. The fraction of sp³-hybridized carbons (Fsp3) is 0.952. The van der Waals surface area contributed by atoms with Crippen molar-refractivity contribution in [2.45, 2.75) is 96.2 Å². The first-order valence-electron chi connectivity index (χ1n) is 10.4. The molecule has 0 aromatic rings. The van der Waals surface area contributed by atoms with E-state index in [9.17, 15) is 4.79 Å². The lowest BCUT2D eigenvalue weighted by molar-refractivity contribution is -0.158. The van der Waals surface area contributed by atoms with E-state index in [-0.39, 0.29) is 18.0 Å². The normalized spacial score (nSPS) is 40.9. The first-order valence-corrected chi connectivity index (χ1v) is 10.4. The van der Waals surface area contributed by atoms with Crippen LogP contribution in [0.15, 0.2) is 0 Å². The maximum absolute atomic E-state index is 12.4. The van der Waals surface area contributed by atoms with Gasteiger partial charge in [0, 0.05) is 7.11 Å². The Morgan fingerprint density at radius 1 is 0.708 bits per heavy atom. The Hall–Kier alpha value is -0.570. The van der Waals surface area contributed by atoms with Gasteiger partial charge in [-0.3, -0.25) is 4.79 Å². The molecule has 3 nitrogen and oxygen atoms in total. The van der Waals surface area contributed by atoms with Crippen molar-refractivity contribution in [3.05, 3.63) is 0 Å². The number of methoxy groups -OCH3 is 1. The number of hydrogen-bond acceptors (Lipinski definition) is 3. The van der Waals surface area contributed by atoms with Gasteiger partial charge in [-0.2, -0.15) is 0 Å². The highest BCUT2D eigenvalue weighted by Crippen LogP contribution is 2.40. The molecule has 0 radical (unpaired) electrons. The second kappa shape index (κ2) is 8.69. The smallest absolute Gasteiger partial charge is 0.309 e. The second-order valence-electron chi connectivity index (χ2n) is 8.70. The van der Waals surface area contributed by atoms with E-state index in [1.54, 1.807) is 7.11 Å².